The van der Waals surface area contributed by atoms with Crippen molar-refractivity contribution >= 4 is 17.6 Å². The van der Waals surface area contributed by atoms with Gasteiger partial charge >= 0.3 is 5.97 Å². The second-order valence-electron chi connectivity index (χ2n) is 2.53. The third kappa shape index (κ3) is 2.23. The highest BCUT2D eigenvalue weighted by Crippen LogP contribution is 1.97. The number of nitrogens with zero attached hydrogens (tertiary/aromatic N) is 1. The van der Waals surface area contributed by atoms with Gasteiger partial charge in [0.05, 0.1) is 0 Å². The van der Waals surface area contributed by atoms with Gasteiger partial charge in [-0.2, -0.15) is 0 Å². The van der Waals surface area contributed by atoms with Crippen LogP contribution < -0.4 is 5.56 Å². The van der Waals surface area contributed by atoms with Crippen LogP contribution in [0.15, 0.2) is 34.6 Å². The molecule has 1 rings (SSSR count). The van der Waals surface area contributed by atoms with E-state index in [1.165, 1.54) is 29.8 Å². The minimum Gasteiger partial charge on any atom is -0.477 e. The zero-order valence-corrected chi connectivity index (χ0v) is 7.94. The summed E-state index contributed by atoms with van der Waals surface area (Å²) in [5.41, 5.74) is 0.831. The van der Waals surface area contributed by atoms with Crippen LogP contribution in [0, 0.1) is 0 Å². The van der Waals surface area contributed by atoms with Crippen molar-refractivity contribution in [2.24, 2.45) is 0 Å². The zero-order valence-electron chi connectivity index (χ0n) is 7.18. The van der Waals surface area contributed by atoms with Crippen molar-refractivity contribution in [1.82, 2.24) is 4.57 Å². The molecule has 1 aromatic heterocycles. The van der Waals surface area contributed by atoms with Gasteiger partial charge in [0, 0.05) is 18.1 Å². The average molecular weight is 214 g/mol. The first-order valence-electron chi connectivity index (χ1n) is 3.85. The van der Waals surface area contributed by atoms with E-state index in [0.717, 1.165) is 4.57 Å². The molecule has 0 saturated carbocycles. The van der Waals surface area contributed by atoms with Gasteiger partial charge in [-0.15, -0.1) is 0 Å². The Morgan fingerprint density at radius 1 is 1.57 bits per heavy atom. The van der Waals surface area contributed by atoms with Gasteiger partial charge in [0.25, 0.3) is 5.56 Å². The summed E-state index contributed by atoms with van der Waals surface area (Å²) in [5.74, 6) is -1.13. The molecular weight excluding hydrogens is 206 g/mol. The standard InChI is InChI=1S/C9H8ClNO3/c10-5-2-6-11-7(9(13)14)3-1-4-8(11)12/h1-5H,6H2,(H,13,14)/b5-2+. The maximum Gasteiger partial charge on any atom is 0.352 e. The number of hydrogen-bond donors (Lipinski definition) is 1. The Morgan fingerprint density at radius 2 is 2.29 bits per heavy atom. The summed E-state index contributed by atoms with van der Waals surface area (Å²) in [7, 11) is 0. The van der Waals surface area contributed by atoms with Crippen LogP contribution in [0.4, 0.5) is 0 Å². The lowest BCUT2D eigenvalue weighted by Crippen LogP contribution is -2.24. The summed E-state index contributed by atoms with van der Waals surface area (Å²) < 4.78 is 1.13. The maximum atomic E-state index is 11.3. The number of rotatable bonds is 3. The van der Waals surface area contributed by atoms with E-state index in [9.17, 15) is 9.59 Å². The lowest BCUT2D eigenvalue weighted by atomic mass is 10.3. The van der Waals surface area contributed by atoms with Crippen molar-refractivity contribution in [2.45, 2.75) is 6.54 Å². The molecule has 1 N–H and O–H groups in total. The van der Waals surface area contributed by atoms with Crippen molar-refractivity contribution in [1.29, 1.82) is 0 Å². The monoisotopic (exact) mass is 213 g/mol. The van der Waals surface area contributed by atoms with Crippen LogP contribution in [0.25, 0.3) is 0 Å². The molecule has 0 atom stereocenters. The Morgan fingerprint density at radius 3 is 2.86 bits per heavy atom. The number of carbonyl (C=O) groups is 1. The predicted molar refractivity (Wildman–Crippen MR) is 52.7 cm³/mol. The summed E-state index contributed by atoms with van der Waals surface area (Å²) in [6, 6.07) is 4.08. The minimum atomic E-state index is -1.13. The summed E-state index contributed by atoms with van der Waals surface area (Å²) in [6.07, 6.45) is 1.50. The van der Waals surface area contributed by atoms with Crippen molar-refractivity contribution in [2.75, 3.05) is 0 Å². The molecule has 5 heteroatoms. The second kappa shape index (κ2) is 4.62. The van der Waals surface area contributed by atoms with Crippen molar-refractivity contribution < 1.29 is 9.90 Å². The molecule has 4 nitrogen and oxygen atoms in total. The third-order valence-electron chi connectivity index (χ3n) is 1.65. The smallest absolute Gasteiger partial charge is 0.352 e. The van der Waals surface area contributed by atoms with Gasteiger partial charge in [-0.3, -0.25) is 9.36 Å². The van der Waals surface area contributed by atoms with Crippen LogP contribution in [0.3, 0.4) is 0 Å². The number of hydrogen-bond acceptors (Lipinski definition) is 2. The van der Waals surface area contributed by atoms with E-state index < -0.39 is 5.97 Å². The Hall–Kier alpha value is -1.55. The number of aromatic nitrogens is 1. The van der Waals surface area contributed by atoms with Crippen LogP contribution in [0.1, 0.15) is 10.5 Å². The number of allylic oxidation sites excluding steroid dienone is 1. The molecule has 0 aliphatic rings. The van der Waals surface area contributed by atoms with Crippen molar-refractivity contribution in [3.63, 3.8) is 0 Å². The van der Waals surface area contributed by atoms with Gasteiger partial charge < -0.3 is 5.11 Å². The van der Waals surface area contributed by atoms with Gasteiger partial charge in [-0.1, -0.05) is 23.7 Å². The first kappa shape index (κ1) is 10.5. The molecule has 0 amide bonds. The molecule has 1 aromatic rings. The normalized spacial score (nSPS) is 10.6. The predicted octanol–water partition coefficient (Wildman–Crippen LogP) is 1.30. The highest BCUT2D eigenvalue weighted by atomic mass is 35.5. The SMILES string of the molecule is O=C(O)c1cccc(=O)n1C/C=C/Cl. The number of halogens is 1. The summed E-state index contributed by atoms with van der Waals surface area (Å²) in [6.45, 7) is 0.158. The number of aromatic carboxylic acids is 1. The van der Waals surface area contributed by atoms with E-state index in [4.69, 9.17) is 16.7 Å². The Bertz CT molecular complexity index is 422. The van der Waals surface area contributed by atoms with Crippen molar-refractivity contribution in [3.05, 3.63) is 45.9 Å². The van der Waals surface area contributed by atoms with Gasteiger partial charge in [-0.05, 0) is 6.07 Å². The molecule has 14 heavy (non-hydrogen) atoms. The molecule has 0 saturated heterocycles. The van der Waals surface area contributed by atoms with Gasteiger partial charge in [-0.25, -0.2) is 4.79 Å². The Kier molecular flexibility index (Phi) is 3.48. The molecule has 1 heterocycles. The molecule has 0 spiro atoms. The van der Waals surface area contributed by atoms with Crippen LogP contribution in [-0.2, 0) is 6.54 Å². The maximum absolute atomic E-state index is 11.3. The van der Waals surface area contributed by atoms with Crippen molar-refractivity contribution in [3.8, 4) is 0 Å². The number of pyridine rings is 1. The largest absolute Gasteiger partial charge is 0.477 e. The third-order valence-corrected chi connectivity index (χ3v) is 1.82. The van der Waals surface area contributed by atoms with E-state index in [1.807, 2.05) is 0 Å². The summed E-state index contributed by atoms with van der Waals surface area (Å²) >= 11 is 5.29. The summed E-state index contributed by atoms with van der Waals surface area (Å²) in [4.78, 5) is 22.0. The van der Waals surface area contributed by atoms with Crippen LogP contribution in [0.2, 0.25) is 0 Å². The Balaban J connectivity index is 3.22. The summed E-state index contributed by atoms with van der Waals surface area (Å²) in [5, 5.41) is 8.77. The molecule has 0 aromatic carbocycles. The molecule has 0 bridgehead atoms. The molecule has 74 valence electrons. The van der Waals surface area contributed by atoms with E-state index in [-0.39, 0.29) is 17.8 Å². The lowest BCUT2D eigenvalue weighted by Gasteiger charge is -2.05. The fourth-order valence-electron chi connectivity index (χ4n) is 1.04. The first-order chi connectivity index (χ1) is 6.66. The molecule has 0 unspecified atom stereocenters. The second-order valence-corrected chi connectivity index (χ2v) is 2.78. The topological polar surface area (TPSA) is 59.3 Å². The van der Waals surface area contributed by atoms with Crippen LogP contribution in [-0.4, -0.2) is 15.6 Å². The van der Waals surface area contributed by atoms with Gasteiger partial charge in [0.1, 0.15) is 5.69 Å². The molecule has 0 radical (unpaired) electrons. The number of carboxylic acid groups (broad SMARTS) is 1. The molecule has 0 fully saturated rings. The van der Waals surface area contributed by atoms with E-state index in [0.29, 0.717) is 0 Å². The van der Waals surface area contributed by atoms with Crippen LogP contribution in [0.5, 0.6) is 0 Å². The zero-order chi connectivity index (χ0) is 10.6. The Labute approximate surface area is 85.1 Å². The molecule has 0 aliphatic heterocycles. The van der Waals surface area contributed by atoms with E-state index in [1.54, 1.807) is 0 Å². The minimum absolute atomic E-state index is 0.0488. The van der Waals surface area contributed by atoms with Crippen LogP contribution >= 0.6 is 11.6 Å². The quantitative estimate of drug-likeness (QED) is 0.823. The fraction of sp³-hybridized carbons (Fsp3) is 0.111. The molecule has 0 aliphatic carbocycles. The highest BCUT2D eigenvalue weighted by molar-refractivity contribution is 6.25. The van der Waals surface area contributed by atoms with Gasteiger partial charge in [0.15, 0.2) is 0 Å². The highest BCUT2D eigenvalue weighted by Gasteiger charge is 2.08. The average Bonchev–Trinajstić information content (AvgIpc) is 2.15. The van der Waals surface area contributed by atoms with Gasteiger partial charge in [0.2, 0.25) is 0 Å². The fourth-order valence-corrected chi connectivity index (χ4v) is 1.12. The first-order valence-corrected chi connectivity index (χ1v) is 4.29. The lowest BCUT2D eigenvalue weighted by molar-refractivity contribution is 0.0684. The number of carboxylic acids is 1. The molecular formula is C9H8ClNO3. The van der Waals surface area contributed by atoms with E-state index in [2.05, 4.69) is 0 Å². The van der Waals surface area contributed by atoms with E-state index >= 15 is 0 Å².